The summed E-state index contributed by atoms with van der Waals surface area (Å²) in [4.78, 5) is 8.24. The van der Waals surface area contributed by atoms with Crippen LogP contribution < -0.4 is 0 Å². The lowest BCUT2D eigenvalue weighted by Crippen LogP contribution is -2.25. The van der Waals surface area contributed by atoms with E-state index >= 15 is 4.39 Å². The van der Waals surface area contributed by atoms with Crippen molar-refractivity contribution in [2.75, 3.05) is 0 Å². The molecule has 0 aliphatic rings. The van der Waals surface area contributed by atoms with Gasteiger partial charge < -0.3 is 0 Å². The minimum absolute atomic E-state index is 0.289. The van der Waals surface area contributed by atoms with Crippen molar-refractivity contribution >= 4 is 45.2 Å². The van der Waals surface area contributed by atoms with E-state index in [2.05, 4.69) is 55.1 Å². The van der Waals surface area contributed by atoms with E-state index in [0.717, 1.165) is 7.14 Å². The van der Waals surface area contributed by atoms with Crippen LogP contribution in [0.5, 0.6) is 0 Å². The number of rotatable bonds is 3. The first-order valence-electron chi connectivity index (χ1n) is 6.58. The van der Waals surface area contributed by atoms with Crippen LogP contribution in [0.1, 0.15) is 16.8 Å². The molecule has 0 saturated carbocycles. The molecule has 2 nitrogen and oxygen atoms in total. The van der Waals surface area contributed by atoms with Crippen molar-refractivity contribution in [3.05, 3.63) is 91.1 Å². The van der Waals surface area contributed by atoms with Crippen molar-refractivity contribution in [2.45, 2.75) is 5.67 Å². The van der Waals surface area contributed by atoms with Crippen LogP contribution in [0.3, 0.4) is 0 Å². The van der Waals surface area contributed by atoms with E-state index in [4.69, 9.17) is 0 Å². The first kappa shape index (κ1) is 15.8. The number of benzene rings is 2. The van der Waals surface area contributed by atoms with Crippen LogP contribution in [0, 0.1) is 7.14 Å². The minimum atomic E-state index is -1.82. The lowest BCUT2D eigenvalue weighted by atomic mass is 9.85. The molecule has 1 aromatic heterocycles. The highest BCUT2D eigenvalue weighted by Gasteiger charge is 2.38. The zero-order valence-corrected chi connectivity index (χ0v) is 15.7. The molecule has 0 atom stereocenters. The Balaban J connectivity index is 2.22. The Bertz CT molecular complexity index is 713. The molecule has 22 heavy (non-hydrogen) atoms. The van der Waals surface area contributed by atoms with Crippen LogP contribution in [0.15, 0.2) is 67.1 Å². The summed E-state index contributed by atoms with van der Waals surface area (Å²) in [5.41, 5.74) is -0.426. The molecule has 3 rings (SSSR count). The summed E-state index contributed by atoms with van der Waals surface area (Å²) in [6.45, 7) is 0. The van der Waals surface area contributed by atoms with Gasteiger partial charge in [-0.25, -0.2) is 4.39 Å². The number of nitrogens with zero attached hydrogens (tertiary/aromatic N) is 2. The van der Waals surface area contributed by atoms with Gasteiger partial charge in [0.15, 0.2) is 0 Å². The summed E-state index contributed by atoms with van der Waals surface area (Å²) >= 11 is 4.41. The normalized spacial score (nSPS) is 11.4. The Kier molecular flexibility index (Phi) is 4.72. The van der Waals surface area contributed by atoms with E-state index < -0.39 is 5.67 Å². The molecule has 0 radical (unpaired) electrons. The van der Waals surface area contributed by atoms with Gasteiger partial charge in [-0.05, 0) is 80.6 Å². The molecule has 2 aromatic carbocycles. The molecule has 0 amide bonds. The maximum Gasteiger partial charge on any atom is 0.204 e. The number of alkyl halides is 1. The molecular formula is C17H11FI2N2. The van der Waals surface area contributed by atoms with Crippen LogP contribution in [0.4, 0.5) is 4.39 Å². The minimum Gasteiger partial charge on any atom is -0.261 e. The number of aromatic nitrogens is 2. The standard InChI is InChI=1S/C17H11FI2N2/c18-17(16-11-21-9-10-22-16,12-1-5-14(19)6-2-12)13-3-7-15(20)8-4-13/h1-11H. The molecule has 0 unspecified atom stereocenters. The molecular weight excluding hydrogens is 505 g/mol. The molecule has 1 heterocycles. The van der Waals surface area contributed by atoms with Gasteiger partial charge in [0.2, 0.25) is 5.67 Å². The van der Waals surface area contributed by atoms with E-state index in [-0.39, 0.29) is 5.69 Å². The second kappa shape index (κ2) is 6.57. The number of halogens is 3. The quantitative estimate of drug-likeness (QED) is 0.461. The zero-order chi connectivity index (χ0) is 15.6. The first-order chi connectivity index (χ1) is 10.6. The van der Waals surface area contributed by atoms with E-state index in [0.29, 0.717) is 11.1 Å². The van der Waals surface area contributed by atoms with Crippen LogP contribution in [-0.2, 0) is 5.67 Å². The number of hydrogen-bond acceptors (Lipinski definition) is 2. The van der Waals surface area contributed by atoms with Crippen molar-refractivity contribution in [3.63, 3.8) is 0 Å². The summed E-state index contributed by atoms with van der Waals surface area (Å²) in [6.07, 6.45) is 4.55. The third-order valence-electron chi connectivity index (χ3n) is 3.40. The van der Waals surface area contributed by atoms with Crippen LogP contribution in [0.2, 0.25) is 0 Å². The van der Waals surface area contributed by atoms with Crippen LogP contribution in [0.25, 0.3) is 0 Å². The van der Waals surface area contributed by atoms with Crippen molar-refractivity contribution < 1.29 is 4.39 Å². The maximum atomic E-state index is 16.1. The molecule has 0 fully saturated rings. The van der Waals surface area contributed by atoms with Crippen molar-refractivity contribution in [1.82, 2.24) is 9.97 Å². The van der Waals surface area contributed by atoms with Gasteiger partial charge in [-0.15, -0.1) is 0 Å². The molecule has 0 spiro atoms. The average molecular weight is 516 g/mol. The summed E-state index contributed by atoms with van der Waals surface area (Å²) in [5.74, 6) is 0. The molecule has 0 N–H and O–H groups in total. The van der Waals surface area contributed by atoms with Crippen molar-refractivity contribution in [2.24, 2.45) is 0 Å². The highest BCUT2D eigenvalue weighted by Crippen LogP contribution is 2.39. The SMILES string of the molecule is FC(c1ccc(I)cc1)(c1ccc(I)cc1)c1cnccn1. The Morgan fingerprint density at radius 3 is 1.68 bits per heavy atom. The van der Waals surface area contributed by atoms with E-state index in [9.17, 15) is 0 Å². The Labute approximate surface area is 155 Å². The van der Waals surface area contributed by atoms with Gasteiger partial charge in [-0.1, -0.05) is 24.3 Å². The predicted molar refractivity (Wildman–Crippen MR) is 101 cm³/mol. The Hall–Kier alpha value is -1.09. The number of hydrogen-bond donors (Lipinski definition) is 0. The van der Waals surface area contributed by atoms with Gasteiger partial charge in [-0.2, -0.15) is 0 Å². The molecule has 3 aromatic rings. The first-order valence-corrected chi connectivity index (χ1v) is 8.74. The second-order valence-corrected chi connectivity index (χ2v) is 7.25. The average Bonchev–Trinajstić information content (AvgIpc) is 2.56. The summed E-state index contributed by atoms with van der Waals surface area (Å²) < 4.78 is 18.3. The van der Waals surface area contributed by atoms with Crippen LogP contribution >= 0.6 is 45.2 Å². The summed E-state index contributed by atoms with van der Waals surface area (Å²) in [6, 6.07) is 14.8. The van der Waals surface area contributed by atoms with Gasteiger partial charge in [0.05, 0.1) is 6.20 Å². The Morgan fingerprint density at radius 2 is 1.27 bits per heavy atom. The molecule has 0 aliphatic heterocycles. The van der Waals surface area contributed by atoms with E-state index in [1.54, 1.807) is 30.5 Å². The summed E-state index contributed by atoms with van der Waals surface area (Å²) in [5, 5.41) is 0. The van der Waals surface area contributed by atoms with E-state index in [1.165, 1.54) is 12.4 Å². The van der Waals surface area contributed by atoms with Gasteiger partial charge >= 0.3 is 0 Å². The molecule has 0 aliphatic carbocycles. The second-order valence-electron chi connectivity index (χ2n) is 4.76. The van der Waals surface area contributed by atoms with Crippen molar-refractivity contribution in [3.8, 4) is 0 Å². The van der Waals surface area contributed by atoms with Gasteiger partial charge in [0.25, 0.3) is 0 Å². The fourth-order valence-electron chi connectivity index (χ4n) is 2.30. The summed E-state index contributed by atoms with van der Waals surface area (Å²) in [7, 11) is 0. The largest absolute Gasteiger partial charge is 0.261 e. The fourth-order valence-corrected chi connectivity index (χ4v) is 3.02. The molecule has 0 saturated heterocycles. The fraction of sp³-hybridized carbons (Fsp3) is 0.0588. The smallest absolute Gasteiger partial charge is 0.204 e. The Morgan fingerprint density at radius 1 is 0.773 bits per heavy atom. The van der Waals surface area contributed by atoms with E-state index in [1.807, 2.05) is 24.3 Å². The lowest BCUT2D eigenvalue weighted by molar-refractivity contribution is 0.272. The molecule has 5 heteroatoms. The highest BCUT2D eigenvalue weighted by atomic mass is 127. The van der Waals surface area contributed by atoms with Crippen LogP contribution in [-0.4, -0.2) is 9.97 Å². The van der Waals surface area contributed by atoms with Gasteiger partial charge in [0, 0.05) is 19.5 Å². The van der Waals surface area contributed by atoms with Gasteiger partial charge in [-0.3, -0.25) is 9.97 Å². The van der Waals surface area contributed by atoms with Gasteiger partial charge in [0.1, 0.15) is 5.69 Å². The molecule has 110 valence electrons. The monoisotopic (exact) mass is 516 g/mol. The molecule has 0 bridgehead atoms. The van der Waals surface area contributed by atoms with Crippen molar-refractivity contribution in [1.29, 1.82) is 0 Å². The third-order valence-corrected chi connectivity index (χ3v) is 4.84. The zero-order valence-electron chi connectivity index (χ0n) is 11.4. The lowest BCUT2D eigenvalue weighted by Gasteiger charge is -2.26. The topological polar surface area (TPSA) is 25.8 Å². The third kappa shape index (κ3) is 3.01. The highest BCUT2D eigenvalue weighted by molar-refractivity contribution is 14.1. The maximum absolute atomic E-state index is 16.1. The predicted octanol–water partition coefficient (Wildman–Crippen LogP) is 4.95.